The fourth-order valence-electron chi connectivity index (χ4n) is 1.45. The lowest BCUT2D eigenvalue weighted by Gasteiger charge is -2.07. The molecular weight excluding hydrogens is 272 g/mol. The molecule has 0 spiro atoms. The smallest absolute Gasteiger partial charge is 0.338 e. The minimum absolute atomic E-state index is 0.160. The van der Waals surface area contributed by atoms with E-state index in [9.17, 15) is 13.6 Å². The van der Waals surface area contributed by atoms with Gasteiger partial charge in [0, 0.05) is 15.5 Å². The van der Waals surface area contributed by atoms with Gasteiger partial charge in [0.15, 0.2) is 0 Å². The van der Waals surface area contributed by atoms with Crippen molar-refractivity contribution in [2.24, 2.45) is 0 Å². The Morgan fingerprint density at radius 1 is 1.16 bits per heavy atom. The first-order valence-corrected chi connectivity index (χ1v) is 6.05. The number of benzene rings is 2. The van der Waals surface area contributed by atoms with E-state index in [1.165, 1.54) is 24.3 Å². The average molecular weight is 281 g/mol. The minimum Gasteiger partial charge on any atom is -0.478 e. The highest BCUT2D eigenvalue weighted by atomic mass is 32.2. The van der Waals surface area contributed by atoms with Gasteiger partial charge < -0.3 is 10.8 Å². The van der Waals surface area contributed by atoms with E-state index in [0.717, 1.165) is 23.9 Å². The molecule has 2 rings (SSSR count). The summed E-state index contributed by atoms with van der Waals surface area (Å²) in [5.74, 6) is -2.60. The van der Waals surface area contributed by atoms with Crippen molar-refractivity contribution in [3.05, 3.63) is 53.6 Å². The summed E-state index contributed by atoms with van der Waals surface area (Å²) in [7, 11) is 0. The molecular formula is C13H9F2NO2S. The van der Waals surface area contributed by atoms with Crippen LogP contribution in [-0.4, -0.2) is 11.1 Å². The molecule has 2 aromatic carbocycles. The predicted octanol–water partition coefficient (Wildman–Crippen LogP) is 3.40. The SMILES string of the molecule is Nc1cc(C(=O)O)c(F)cc1Sc1ccc(F)cc1. The summed E-state index contributed by atoms with van der Waals surface area (Å²) in [4.78, 5) is 11.8. The van der Waals surface area contributed by atoms with Crippen molar-refractivity contribution in [3.63, 3.8) is 0 Å². The van der Waals surface area contributed by atoms with Gasteiger partial charge in [0.1, 0.15) is 11.6 Å². The molecule has 3 N–H and O–H groups in total. The second-order valence-electron chi connectivity index (χ2n) is 3.73. The lowest BCUT2D eigenvalue weighted by molar-refractivity contribution is 0.0692. The van der Waals surface area contributed by atoms with Crippen molar-refractivity contribution in [2.75, 3.05) is 5.73 Å². The Kier molecular flexibility index (Phi) is 3.71. The lowest BCUT2D eigenvalue weighted by Crippen LogP contribution is -2.03. The molecule has 0 radical (unpaired) electrons. The van der Waals surface area contributed by atoms with Gasteiger partial charge in [-0.25, -0.2) is 13.6 Å². The van der Waals surface area contributed by atoms with Gasteiger partial charge in [0.25, 0.3) is 0 Å². The number of carbonyl (C=O) groups is 1. The van der Waals surface area contributed by atoms with Gasteiger partial charge in [0.05, 0.1) is 5.56 Å². The normalized spacial score (nSPS) is 10.4. The third-order valence-corrected chi connectivity index (χ3v) is 3.45. The quantitative estimate of drug-likeness (QED) is 0.846. The first-order chi connectivity index (χ1) is 8.97. The van der Waals surface area contributed by atoms with E-state index in [0.29, 0.717) is 9.79 Å². The van der Waals surface area contributed by atoms with Gasteiger partial charge >= 0.3 is 5.97 Å². The van der Waals surface area contributed by atoms with Crippen LogP contribution in [0.3, 0.4) is 0 Å². The van der Waals surface area contributed by atoms with Crippen LogP contribution >= 0.6 is 11.8 Å². The highest BCUT2D eigenvalue weighted by Crippen LogP contribution is 2.33. The second-order valence-corrected chi connectivity index (χ2v) is 4.85. The number of nitrogen functional groups attached to an aromatic ring is 1. The zero-order chi connectivity index (χ0) is 14.0. The van der Waals surface area contributed by atoms with Crippen LogP contribution in [0.4, 0.5) is 14.5 Å². The Labute approximate surface area is 112 Å². The van der Waals surface area contributed by atoms with Crippen LogP contribution in [0.25, 0.3) is 0 Å². The van der Waals surface area contributed by atoms with E-state index in [2.05, 4.69) is 0 Å². The zero-order valence-corrected chi connectivity index (χ0v) is 10.4. The van der Waals surface area contributed by atoms with Crippen LogP contribution in [0.1, 0.15) is 10.4 Å². The molecule has 0 aliphatic heterocycles. The van der Waals surface area contributed by atoms with Crippen LogP contribution in [0.5, 0.6) is 0 Å². The molecule has 0 aliphatic rings. The monoisotopic (exact) mass is 281 g/mol. The number of carboxylic acids is 1. The third-order valence-electron chi connectivity index (χ3n) is 2.37. The Balaban J connectivity index is 2.33. The minimum atomic E-state index is -1.37. The number of hydrogen-bond acceptors (Lipinski definition) is 3. The van der Waals surface area contributed by atoms with Crippen molar-refractivity contribution < 1.29 is 18.7 Å². The molecule has 0 saturated heterocycles. The van der Waals surface area contributed by atoms with Gasteiger partial charge in [0.2, 0.25) is 0 Å². The van der Waals surface area contributed by atoms with Crippen LogP contribution in [0, 0.1) is 11.6 Å². The second kappa shape index (κ2) is 5.27. The number of nitrogens with two attached hydrogens (primary N) is 1. The number of carboxylic acid groups (broad SMARTS) is 1. The summed E-state index contributed by atoms with van der Waals surface area (Å²) < 4.78 is 26.3. The predicted molar refractivity (Wildman–Crippen MR) is 68.3 cm³/mol. The van der Waals surface area contributed by atoms with Gasteiger partial charge in [-0.2, -0.15) is 0 Å². The fourth-order valence-corrected chi connectivity index (χ4v) is 2.32. The molecule has 0 atom stereocenters. The summed E-state index contributed by atoms with van der Waals surface area (Å²) in [6, 6.07) is 7.75. The van der Waals surface area contributed by atoms with E-state index in [1.807, 2.05) is 0 Å². The molecule has 6 heteroatoms. The van der Waals surface area contributed by atoms with Crippen molar-refractivity contribution in [1.82, 2.24) is 0 Å². The Hall–Kier alpha value is -2.08. The number of hydrogen-bond donors (Lipinski definition) is 2. The van der Waals surface area contributed by atoms with Crippen LogP contribution in [0.15, 0.2) is 46.2 Å². The molecule has 98 valence electrons. The molecule has 0 amide bonds. The van der Waals surface area contributed by atoms with Gasteiger partial charge in [-0.15, -0.1) is 0 Å². The topological polar surface area (TPSA) is 63.3 Å². The van der Waals surface area contributed by atoms with Crippen LogP contribution in [-0.2, 0) is 0 Å². The van der Waals surface area contributed by atoms with E-state index in [4.69, 9.17) is 10.8 Å². The molecule has 0 aromatic heterocycles. The maximum Gasteiger partial charge on any atom is 0.338 e. The largest absolute Gasteiger partial charge is 0.478 e. The maximum atomic E-state index is 13.5. The molecule has 3 nitrogen and oxygen atoms in total. The third kappa shape index (κ3) is 3.03. The number of rotatable bonds is 3. The molecule has 0 aliphatic carbocycles. The molecule has 0 unspecified atom stereocenters. The Morgan fingerprint density at radius 3 is 2.37 bits per heavy atom. The van der Waals surface area contributed by atoms with Gasteiger partial charge in [-0.1, -0.05) is 11.8 Å². The van der Waals surface area contributed by atoms with Gasteiger partial charge in [-0.05, 0) is 36.4 Å². The lowest BCUT2D eigenvalue weighted by atomic mass is 10.2. The Morgan fingerprint density at radius 2 is 1.79 bits per heavy atom. The first-order valence-electron chi connectivity index (χ1n) is 5.23. The highest BCUT2D eigenvalue weighted by Gasteiger charge is 2.14. The molecule has 2 aromatic rings. The first kappa shape index (κ1) is 13.4. The van der Waals surface area contributed by atoms with Gasteiger partial charge in [-0.3, -0.25) is 0 Å². The molecule has 0 fully saturated rings. The van der Waals surface area contributed by atoms with E-state index < -0.39 is 17.3 Å². The number of halogens is 2. The molecule has 19 heavy (non-hydrogen) atoms. The Bertz CT molecular complexity index is 629. The summed E-state index contributed by atoms with van der Waals surface area (Å²) in [5.41, 5.74) is 5.37. The van der Waals surface area contributed by atoms with Crippen LogP contribution < -0.4 is 5.73 Å². The highest BCUT2D eigenvalue weighted by molar-refractivity contribution is 7.99. The molecule has 0 bridgehead atoms. The van der Waals surface area contributed by atoms with Crippen LogP contribution in [0.2, 0.25) is 0 Å². The van der Waals surface area contributed by atoms with E-state index >= 15 is 0 Å². The molecule has 0 heterocycles. The standard InChI is InChI=1S/C13H9F2NO2S/c14-7-1-3-8(4-2-7)19-12-6-10(15)9(13(17)18)5-11(12)16/h1-6H,16H2,(H,17,18). The number of anilines is 1. The molecule has 0 saturated carbocycles. The average Bonchev–Trinajstić information content (AvgIpc) is 2.35. The fraction of sp³-hybridized carbons (Fsp3) is 0. The van der Waals surface area contributed by atoms with Crippen molar-refractivity contribution in [1.29, 1.82) is 0 Å². The summed E-state index contributed by atoms with van der Waals surface area (Å²) >= 11 is 1.13. The van der Waals surface area contributed by atoms with Crippen molar-refractivity contribution in [2.45, 2.75) is 9.79 Å². The maximum absolute atomic E-state index is 13.5. The summed E-state index contributed by atoms with van der Waals surface area (Å²) in [6.45, 7) is 0. The van der Waals surface area contributed by atoms with E-state index in [-0.39, 0.29) is 11.5 Å². The summed E-state index contributed by atoms with van der Waals surface area (Å²) in [6.07, 6.45) is 0. The summed E-state index contributed by atoms with van der Waals surface area (Å²) in [5, 5.41) is 8.76. The van der Waals surface area contributed by atoms with Crippen molar-refractivity contribution in [3.8, 4) is 0 Å². The zero-order valence-electron chi connectivity index (χ0n) is 9.56. The van der Waals surface area contributed by atoms with E-state index in [1.54, 1.807) is 0 Å². The number of aromatic carboxylic acids is 1. The van der Waals surface area contributed by atoms with Crippen molar-refractivity contribution >= 4 is 23.4 Å².